The summed E-state index contributed by atoms with van der Waals surface area (Å²) >= 11 is 0. The van der Waals surface area contributed by atoms with Crippen molar-refractivity contribution >= 4 is 6.09 Å². The quantitative estimate of drug-likeness (QED) is 0.573. The van der Waals surface area contributed by atoms with Gasteiger partial charge in [-0.1, -0.05) is 12.1 Å². The fourth-order valence-corrected chi connectivity index (χ4v) is 5.14. The molecule has 0 saturated carbocycles. The minimum Gasteiger partial charge on any atom is -0.444 e. The van der Waals surface area contributed by atoms with Crippen LogP contribution >= 0.6 is 0 Å². The summed E-state index contributed by atoms with van der Waals surface area (Å²) in [7, 11) is 1.58. The van der Waals surface area contributed by atoms with Crippen molar-refractivity contribution in [3.63, 3.8) is 0 Å². The highest BCUT2D eigenvalue weighted by atomic mass is 19.4. The molecule has 1 amide bonds. The monoisotopic (exact) mass is 510 g/mol. The number of piperidine rings is 1. The lowest BCUT2D eigenvalue weighted by Gasteiger charge is -2.51. The van der Waals surface area contributed by atoms with E-state index in [1.54, 1.807) is 12.0 Å². The van der Waals surface area contributed by atoms with Crippen LogP contribution < -0.4 is 0 Å². The molecule has 2 saturated heterocycles. The smallest absolute Gasteiger partial charge is 0.416 e. The van der Waals surface area contributed by atoms with E-state index in [4.69, 9.17) is 9.47 Å². The number of amides is 1. The summed E-state index contributed by atoms with van der Waals surface area (Å²) in [4.78, 5) is 18.6. The van der Waals surface area contributed by atoms with Crippen LogP contribution in [-0.4, -0.2) is 84.4 Å². The number of benzene rings is 1. The van der Waals surface area contributed by atoms with Gasteiger partial charge in [0.1, 0.15) is 11.1 Å². The summed E-state index contributed by atoms with van der Waals surface area (Å²) in [6.07, 6.45) is -3.66. The molecule has 0 bridgehead atoms. The van der Waals surface area contributed by atoms with E-state index in [0.29, 0.717) is 52.2 Å². The third-order valence-electron chi connectivity index (χ3n) is 7.08. The van der Waals surface area contributed by atoms with E-state index in [0.717, 1.165) is 17.7 Å². The lowest BCUT2D eigenvalue weighted by molar-refractivity contribution is -0.137. The Balaban J connectivity index is 1.68. The number of piperazine rings is 1. The van der Waals surface area contributed by atoms with Crippen LogP contribution in [0.2, 0.25) is 0 Å². The summed E-state index contributed by atoms with van der Waals surface area (Å²) in [5.41, 5.74) is -1.14. The third-order valence-corrected chi connectivity index (χ3v) is 7.08. The second kappa shape index (κ2) is 11.0. The van der Waals surface area contributed by atoms with Crippen molar-refractivity contribution in [3.05, 3.63) is 35.4 Å². The van der Waals surface area contributed by atoms with Gasteiger partial charge in [0.2, 0.25) is 0 Å². The fourth-order valence-electron chi connectivity index (χ4n) is 5.14. The normalized spacial score (nSPS) is 22.6. The molecule has 0 aliphatic carbocycles. The molecule has 7 nitrogen and oxygen atoms in total. The van der Waals surface area contributed by atoms with E-state index in [-0.39, 0.29) is 18.2 Å². The molecule has 1 aromatic carbocycles. The highest BCUT2D eigenvalue weighted by Crippen LogP contribution is 2.35. The molecule has 0 aromatic heterocycles. The minimum atomic E-state index is -4.38. The zero-order chi connectivity index (χ0) is 26.7. The number of likely N-dealkylation sites (tertiary alicyclic amines) is 1. The summed E-state index contributed by atoms with van der Waals surface area (Å²) in [6.45, 7) is 10.7. The molecular formula is C26H37F3N4O3. The van der Waals surface area contributed by atoms with Gasteiger partial charge in [-0.15, -0.1) is 0 Å². The Bertz CT molecular complexity index is 932. The van der Waals surface area contributed by atoms with E-state index < -0.39 is 22.9 Å². The van der Waals surface area contributed by atoms with Gasteiger partial charge in [-0.2, -0.15) is 18.4 Å². The van der Waals surface area contributed by atoms with Crippen LogP contribution in [0.15, 0.2) is 24.3 Å². The summed E-state index contributed by atoms with van der Waals surface area (Å²) < 4.78 is 50.0. The van der Waals surface area contributed by atoms with E-state index in [1.807, 2.05) is 20.8 Å². The number of alkyl halides is 3. The van der Waals surface area contributed by atoms with Crippen LogP contribution in [0.5, 0.6) is 0 Å². The van der Waals surface area contributed by atoms with Gasteiger partial charge in [0.25, 0.3) is 0 Å². The van der Waals surface area contributed by atoms with E-state index in [9.17, 15) is 23.2 Å². The number of carbonyl (C=O) groups excluding carboxylic acids is 1. The predicted molar refractivity (Wildman–Crippen MR) is 129 cm³/mol. The van der Waals surface area contributed by atoms with Crippen LogP contribution in [0.4, 0.5) is 18.0 Å². The molecule has 1 aromatic rings. The topological polar surface area (TPSA) is 69.0 Å². The van der Waals surface area contributed by atoms with Gasteiger partial charge in [0, 0.05) is 45.9 Å². The first kappa shape index (κ1) is 28.2. The van der Waals surface area contributed by atoms with Gasteiger partial charge < -0.3 is 14.4 Å². The number of hydrogen-bond donors (Lipinski definition) is 0. The average Bonchev–Trinajstić information content (AvgIpc) is 2.81. The largest absolute Gasteiger partial charge is 0.444 e. The van der Waals surface area contributed by atoms with Crippen molar-refractivity contribution in [1.29, 1.82) is 5.26 Å². The molecule has 3 rings (SSSR count). The number of carbonyl (C=O) groups is 1. The molecule has 2 atom stereocenters. The van der Waals surface area contributed by atoms with Crippen LogP contribution in [0, 0.1) is 11.3 Å². The molecular weight excluding hydrogens is 473 g/mol. The second-order valence-electron chi connectivity index (χ2n) is 10.7. The fraction of sp³-hybridized carbons (Fsp3) is 0.692. The predicted octanol–water partition coefficient (Wildman–Crippen LogP) is 4.69. The molecule has 0 spiro atoms. The van der Waals surface area contributed by atoms with E-state index in [2.05, 4.69) is 22.8 Å². The van der Waals surface area contributed by atoms with Gasteiger partial charge in [0.05, 0.1) is 24.3 Å². The standard InChI is InChI=1S/C26H37F3N4O3/c1-19-16-32(25(18-30)10-12-31(13-11-25)23(34)36-24(2,3)4)14-15-33(19)22(17-35-5)20-6-8-21(9-7-20)26(27,28)29/h6-9,19,22H,10-17H2,1-5H3/t19-,22-/m0/s1. The third kappa shape index (κ3) is 6.50. The Morgan fingerprint density at radius 2 is 1.75 bits per heavy atom. The first-order chi connectivity index (χ1) is 16.8. The highest BCUT2D eigenvalue weighted by molar-refractivity contribution is 5.68. The lowest BCUT2D eigenvalue weighted by Crippen LogP contribution is -2.63. The molecule has 0 radical (unpaired) electrons. The number of methoxy groups -OCH3 is 1. The first-order valence-electron chi connectivity index (χ1n) is 12.4. The molecule has 200 valence electrons. The zero-order valence-corrected chi connectivity index (χ0v) is 21.8. The van der Waals surface area contributed by atoms with Crippen LogP contribution in [-0.2, 0) is 15.7 Å². The molecule has 2 aliphatic heterocycles. The van der Waals surface area contributed by atoms with E-state index >= 15 is 0 Å². The number of nitriles is 1. The van der Waals surface area contributed by atoms with Gasteiger partial charge >= 0.3 is 12.3 Å². The zero-order valence-electron chi connectivity index (χ0n) is 21.8. The van der Waals surface area contributed by atoms with Gasteiger partial charge in [-0.25, -0.2) is 4.79 Å². The average molecular weight is 511 g/mol. The van der Waals surface area contributed by atoms with Crippen molar-refractivity contribution in [3.8, 4) is 6.07 Å². The molecule has 0 N–H and O–H groups in total. The Hall–Kier alpha value is -2.35. The maximum absolute atomic E-state index is 13.0. The molecule has 2 heterocycles. The molecule has 2 aliphatic rings. The highest BCUT2D eigenvalue weighted by Gasteiger charge is 2.45. The van der Waals surface area contributed by atoms with Crippen molar-refractivity contribution < 1.29 is 27.4 Å². The van der Waals surface area contributed by atoms with Crippen LogP contribution in [0.25, 0.3) is 0 Å². The molecule has 2 fully saturated rings. The van der Waals surface area contributed by atoms with Crippen LogP contribution in [0.1, 0.15) is 57.7 Å². The van der Waals surface area contributed by atoms with Crippen molar-refractivity contribution in [2.75, 3.05) is 46.4 Å². The van der Waals surface area contributed by atoms with Gasteiger partial charge in [-0.3, -0.25) is 9.80 Å². The van der Waals surface area contributed by atoms with Crippen molar-refractivity contribution in [2.45, 2.75) is 69.9 Å². The minimum absolute atomic E-state index is 0.0512. The summed E-state index contributed by atoms with van der Waals surface area (Å²) in [5.74, 6) is 0. The summed E-state index contributed by atoms with van der Waals surface area (Å²) in [6, 6.07) is 7.66. The van der Waals surface area contributed by atoms with Gasteiger partial charge in [-0.05, 0) is 58.2 Å². The maximum Gasteiger partial charge on any atom is 0.416 e. The van der Waals surface area contributed by atoms with Crippen molar-refractivity contribution in [2.24, 2.45) is 0 Å². The molecule has 10 heteroatoms. The van der Waals surface area contributed by atoms with Crippen molar-refractivity contribution in [1.82, 2.24) is 14.7 Å². The first-order valence-corrected chi connectivity index (χ1v) is 12.4. The molecule has 0 unspecified atom stereocenters. The Morgan fingerprint density at radius 1 is 1.14 bits per heavy atom. The Morgan fingerprint density at radius 3 is 2.22 bits per heavy atom. The van der Waals surface area contributed by atoms with Gasteiger partial charge in [0.15, 0.2) is 0 Å². The molecule has 36 heavy (non-hydrogen) atoms. The lowest BCUT2D eigenvalue weighted by atomic mass is 9.85. The Kier molecular flexibility index (Phi) is 8.59. The number of hydrogen-bond acceptors (Lipinski definition) is 6. The SMILES string of the molecule is COC[C@@H](c1ccc(C(F)(F)F)cc1)N1CCN(C2(C#N)CCN(C(=O)OC(C)(C)C)CC2)C[C@@H]1C. The maximum atomic E-state index is 13.0. The number of ether oxygens (including phenoxy) is 2. The number of nitrogens with zero attached hydrogens (tertiary/aromatic N) is 4. The summed E-state index contributed by atoms with van der Waals surface area (Å²) in [5, 5.41) is 10.2. The second-order valence-corrected chi connectivity index (χ2v) is 10.7. The Labute approximate surface area is 211 Å². The van der Waals surface area contributed by atoms with Crippen LogP contribution in [0.3, 0.4) is 0 Å². The number of rotatable bonds is 5. The van der Waals surface area contributed by atoms with E-state index in [1.165, 1.54) is 12.1 Å². The number of halogens is 3.